The minimum atomic E-state index is -1.04. The van der Waals surface area contributed by atoms with Gasteiger partial charge in [0, 0.05) is 13.0 Å². The summed E-state index contributed by atoms with van der Waals surface area (Å²) < 4.78 is 4.96. The number of carbonyl (C=O) groups is 4. The van der Waals surface area contributed by atoms with Gasteiger partial charge in [-0.05, 0) is 55.5 Å². The number of rotatable bonds is 14. The smallest absolute Gasteiger partial charge is 0.328 e. The van der Waals surface area contributed by atoms with E-state index in [-0.39, 0.29) is 31.0 Å². The van der Waals surface area contributed by atoms with Crippen molar-refractivity contribution in [3.05, 3.63) is 65.7 Å². The van der Waals surface area contributed by atoms with Crippen molar-refractivity contribution in [2.45, 2.75) is 50.6 Å². The number of ether oxygens (including phenoxy) is 1. The highest BCUT2D eigenvalue weighted by molar-refractivity contribution is 5.79. The molecular formula is C27H40N6O8. The molecule has 0 saturated carbocycles. The topological polar surface area (TPSA) is 278 Å². The molecule has 2 rings (SSSR count). The minimum absolute atomic E-state index is 0.00867. The van der Waals surface area contributed by atoms with E-state index >= 15 is 0 Å². The number of nitrogens with one attached hydrogen (secondary N) is 2. The third kappa shape index (κ3) is 20.1. The number of carboxylic acids is 3. The van der Waals surface area contributed by atoms with Crippen LogP contribution in [0.25, 0.3) is 0 Å². The van der Waals surface area contributed by atoms with Gasteiger partial charge in [0.25, 0.3) is 0 Å². The number of benzene rings is 2. The first-order valence-electron chi connectivity index (χ1n) is 12.7. The molecule has 0 saturated heterocycles. The summed E-state index contributed by atoms with van der Waals surface area (Å²) in [5.74, 6) is -3.60. The third-order valence-corrected chi connectivity index (χ3v) is 5.07. The lowest BCUT2D eigenvalue weighted by atomic mass is 10.1. The Morgan fingerprint density at radius 2 is 1.46 bits per heavy atom. The molecule has 0 aliphatic carbocycles. The maximum absolute atomic E-state index is 11.6. The molecular weight excluding hydrogens is 536 g/mol. The average molecular weight is 577 g/mol. The zero-order chi connectivity index (χ0) is 31.2. The number of aliphatic carboxylic acids is 3. The first-order valence-corrected chi connectivity index (χ1v) is 12.7. The molecule has 2 aromatic rings. The Morgan fingerprint density at radius 3 is 1.95 bits per heavy atom. The third-order valence-electron chi connectivity index (χ3n) is 5.07. The second-order valence-corrected chi connectivity index (χ2v) is 8.63. The van der Waals surface area contributed by atoms with Gasteiger partial charge >= 0.3 is 23.9 Å². The lowest BCUT2D eigenvalue weighted by Gasteiger charge is -2.10. The van der Waals surface area contributed by atoms with Crippen LogP contribution in [0.15, 0.2) is 54.6 Å². The van der Waals surface area contributed by atoms with Crippen molar-refractivity contribution in [2.75, 3.05) is 13.1 Å². The number of guanidine groups is 1. The quantitative estimate of drug-likeness (QED) is 0.0480. The largest absolute Gasteiger partial charge is 0.481 e. The van der Waals surface area contributed by atoms with Crippen molar-refractivity contribution >= 4 is 29.8 Å². The second-order valence-electron chi connectivity index (χ2n) is 8.63. The molecule has 226 valence electrons. The number of hydrogen-bond acceptors (Lipinski definition) is 9. The summed E-state index contributed by atoms with van der Waals surface area (Å²) in [7, 11) is 0. The number of nitrogens with two attached hydrogens (primary N) is 4. The van der Waals surface area contributed by atoms with Crippen LogP contribution in [0, 0.1) is 5.41 Å². The number of esters is 1. The Balaban J connectivity index is 0.000000645. The van der Waals surface area contributed by atoms with Crippen molar-refractivity contribution in [2.24, 2.45) is 22.9 Å². The molecule has 0 bridgehead atoms. The highest BCUT2D eigenvalue weighted by Crippen LogP contribution is 2.14. The second kappa shape index (κ2) is 21.3. The van der Waals surface area contributed by atoms with Crippen molar-refractivity contribution in [3.63, 3.8) is 0 Å². The molecule has 0 aliphatic rings. The first kappa shape index (κ1) is 36.5. The summed E-state index contributed by atoms with van der Waals surface area (Å²) in [4.78, 5) is 42.6. The first-order chi connectivity index (χ1) is 19.3. The van der Waals surface area contributed by atoms with Crippen LogP contribution in [-0.2, 0) is 32.0 Å². The van der Waals surface area contributed by atoms with Crippen molar-refractivity contribution in [1.82, 2.24) is 5.32 Å². The van der Waals surface area contributed by atoms with Crippen LogP contribution < -0.4 is 33.0 Å². The normalized spacial score (nSPS) is 11.3. The zero-order valence-corrected chi connectivity index (χ0v) is 22.7. The van der Waals surface area contributed by atoms with Gasteiger partial charge in [-0.3, -0.25) is 19.8 Å². The molecule has 13 N–H and O–H groups in total. The molecule has 0 unspecified atom stereocenters. The zero-order valence-electron chi connectivity index (χ0n) is 22.7. The monoisotopic (exact) mass is 576 g/mol. The standard InChI is InChI=1S/C13H15NO6.C8H11N.C6H14N4O2/c14-10(5-6-11(15)16)13(19)20-9-3-1-8(2-4-9)7-12(17)18;9-7-6-8-4-2-1-3-5-8;7-4(5(11)12)2-1-3-10-6(8)9/h1-4,10H,5-7,14H2,(H,15,16)(H,17,18);1-5H,6-7,9H2;4H,1-3,7H2,(H,11,12)(H4,8,9,10)/t10-;;4-/m0.1/s1. The summed E-state index contributed by atoms with van der Waals surface area (Å²) in [6, 6.07) is 14.4. The molecule has 0 aliphatic heterocycles. The molecule has 41 heavy (non-hydrogen) atoms. The van der Waals surface area contributed by atoms with E-state index in [9.17, 15) is 19.2 Å². The predicted octanol–water partition coefficient (Wildman–Crippen LogP) is 0.261. The van der Waals surface area contributed by atoms with Crippen LogP contribution in [0.4, 0.5) is 0 Å². The highest BCUT2D eigenvalue weighted by Gasteiger charge is 2.17. The van der Waals surface area contributed by atoms with E-state index in [0.29, 0.717) is 24.9 Å². The Labute approximate surface area is 238 Å². The molecule has 2 aromatic carbocycles. The van der Waals surface area contributed by atoms with Crippen LogP contribution >= 0.6 is 0 Å². The fraction of sp³-hybridized carbons (Fsp3) is 0.370. The van der Waals surface area contributed by atoms with E-state index in [1.54, 1.807) is 0 Å². The predicted molar refractivity (Wildman–Crippen MR) is 152 cm³/mol. The van der Waals surface area contributed by atoms with Crippen LogP contribution in [0.2, 0.25) is 0 Å². The van der Waals surface area contributed by atoms with Crippen molar-refractivity contribution in [1.29, 1.82) is 5.41 Å². The Hall–Kier alpha value is -4.53. The van der Waals surface area contributed by atoms with Crippen molar-refractivity contribution in [3.8, 4) is 5.75 Å². The lowest BCUT2D eigenvalue weighted by Crippen LogP contribution is -2.34. The highest BCUT2D eigenvalue weighted by atomic mass is 16.5. The molecule has 0 aromatic heterocycles. The Kier molecular flexibility index (Phi) is 19.0. The molecule has 0 radical (unpaired) electrons. The van der Waals surface area contributed by atoms with Crippen LogP contribution in [-0.4, -0.2) is 70.3 Å². The summed E-state index contributed by atoms with van der Waals surface area (Å²) in [5, 5.41) is 34.8. The van der Waals surface area contributed by atoms with Crippen LogP contribution in [0.3, 0.4) is 0 Å². The van der Waals surface area contributed by atoms with Gasteiger partial charge in [-0.2, -0.15) is 0 Å². The molecule has 2 atom stereocenters. The summed E-state index contributed by atoms with van der Waals surface area (Å²) in [6.45, 7) is 1.22. The van der Waals surface area contributed by atoms with Gasteiger partial charge < -0.3 is 48.3 Å². The minimum Gasteiger partial charge on any atom is -0.481 e. The van der Waals surface area contributed by atoms with Crippen LogP contribution in [0.1, 0.15) is 36.8 Å². The summed E-state index contributed by atoms with van der Waals surface area (Å²) >= 11 is 0. The Morgan fingerprint density at radius 1 is 0.854 bits per heavy atom. The van der Waals surface area contributed by atoms with Gasteiger partial charge in [-0.1, -0.05) is 42.5 Å². The van der Waals surface area contributed by atoms with E-state index in [2.05, 4.69) is 17.4 Å². The summed E-state index contributed by atoms with van der Waals surface area (Å²) in [6.07, 6.45) is 1.62. The average Bonchev–Trinajstić information content (AvgIpc) is 2.91. The van der Waals surface area contributed by atoms with E-state index in [0.717, 1.165) is 13.0 Å². The number of carbonyl (C=O) groups excluding carboxylic acids is 1. The Bertz CT molecular complexity index is 1080. The fourth-order valence-corrected chi connectivity index (χ4v) is 2.92. The van der Waals surface area contributed by atoms with Crippen LogP contribution in [0.5, 0.6) is 5.75 Å². The molecule has 0 spiro atoms. The van der Waals surface area contributed by atoms with Gasteiger partial charge in [0.15, 0.2) is 5.96 Å². The molecule has 0 amide bonds. The number of hydrogen-bond donors (Lipinski definition) is 9. The fourth-order valence-electron chi connectivity index (χ4n) is 2.92. The maximum Gasteiger partial charge on any atom is 0.328 e. The molecule has 0 heterocycles. The van der Waals surface area contributed by atoms with Crippen molar-refractivity contribution < 1.29 is 39.2 Å². The van der Waals surface area contributed by atoms with E-state index < -0.39 is 36.0 Å². The molecule has 14 heteroatoms. The molecule has 14 nitrogen and oxygen atoms in total. The lowest BCUT2D eigenvalue weighted by molar-refractivity contribution is -0.140. The van der Waals surface area contributed by atoms with Gasteiger partial charge in [-0.25, -0.2) is 4.79 Å². The SMILES string of the molecule is N=C(N)NCCC[C@@H](N)C(=O)O.NCCc1ccccc1.N[C@@H](CCC(=O)O)C(=O)Oc1ccc(CC(=O)O)cc1. The number of carboxylic acid groups (broad SMARTS) is 3. The van der Waals surface area contributed by atoms with Gasteiger partial charge in [0.2, 0.25) is 0 Å². The van der Waals surface area contributed by atoms with E-state index in [4.69, 9.17) is 48.4 Å². The van der Waals surface area contributed by atoms with E-state index in [1.165, 1.54) is 29.8 Å². The van der Waals surface area contributed by atoms with Gasteiger partial charge in [0.05, 0.1) is 6.42 Å². The van der Waals surface area contributed by atoms with Gasteiger partial charge in [0.1, 0.15) is 17.8 Å². The molecule has 0 fully saturated rings. The maximum atomic E-state index is 11.6. The van der Waals surface area contributed by atoms with Gasteiger partial charge in [-0.15, -0.1) is 0 Å². The summed E-state index contributed by atoms with van der Waals surface area (Å²) in [5.41, 5.74) is 23.0. The van der Waals surface area contributed by atoms with E-state index in [1.807, 2.05) is 18.2 Å².